The van der Waals surface area contributed by atoms with Crippen molar-refractivity contribution in [3.8, 4) is 0 Å². The summed E-state index contributed by atoms with van der Waals surface area (Å²) < 4.78 is 11.0. The zero-order valence-electron chi connectivity index (χ0n) is 12.4. The van der Waals surface area contributed by atoms with Crippen molar-refractivity contribution in [2.24, 2.45) is 5.84 Å². The molecule has 0 fully saturated rings. The lowest BCUT2D eigenvalue weighted by molar-refractivity contribution is -0.120. The largest absolute Gasteiger partial charge is 0.379 e. The van der Waals surface area contributed by atoms with Gasteiger partial charge < -0.3 is 9.47 Å². The van der Waals surface area contributed by atoms with Gasteiger partial charge in [0.2, 0.25) is 5.91 Å². The molecule has 0 atom stereocenters. The molecule has 1 rings (SSSR count). The van der Waals surface area contributed by atoms with E-state index in [2.05, 4.69) is 5.43 Å². The summed E-state index contributed by atoms with van der Waals surface area (Å²) in [5, 5.41) is 0. The van der Waals surface area contributed by atoms with Gasteiger partial charge in [0.05, 0.1) is 18.6 Å². The number of nitrogens with one attached hydrogen (secondary N) is 1. The van der Waals surface area contributed by atoms with Crippen molar-refractivity contribution in [3.05, 3.63) is 35.4 Å². The summed E-state index contributed by atoms with van der Waals surface area (Å²) in [6.45, 7) is 5.14. The van der Waals surface area contributed by atoms with E-state index in [-0.39, 0.29) is 17.9 Å². The first-order valence-corrected chi connectivity index (χ1v) is 6.67. The van der Waals surface area contributed by atoms with E-state index in [1.807, 2.05) is 38.1 Å². The van der Waals surface area contributed by atoms with Gasteiger partial charge >= 0.3 is 0 Å². The Balaban J connectivity index is 2.49. The molecule has 0 heterocycles. The molecule has 0 saturated carbocycles. The first-order chi connectivity index (χ1) is 9.48. The lowest BCUT2D eigenvalue weighted by Crippen LogP contribution is -2.31. The molecule has 0 aliphatic rings. The van der Waals surface area contributed by atoms with Gasteiger partial charge in [0.1, 0.15) is 0 Å². The molecular formula is C15H24N2O3. The highest BCUT2D eigenvalue weighted by molar-refractivity contribution is 5.78. The van der Waals surface area contributed by atoms with E-state index >= 15 is 0 Å². The summed E-state index contributed by atoms with van der Waals surface area (Å²) in [4.78, 5) is 11.3. The fourth-order valence-corrected chi connectivity index (χ4v) is 1.70. The normalized spacial score (nSPS) is 11.4. The van der Waals surface area contributed by atoms with Crippen molar-refractivity contribution in [3.63, 3.8) is 0 Å². The van der Waals surface area contributed by atoms with Crippen LogP contribution in [0.25, 0.3) is 0 Å². The van der Waals surface area contributed by atoms with Crippen molar-refractivity contribution in [2.75, 3.05) is 13.7 Å². The van der Waals surface area contributed by atoms with Crippen molar-refractivity contribution >= 4 is 5.91 Å². The van der Waals surface area contributed by atoms with E-state index in [1.54, 1.807) is 7.11 Å². The third-order valence-electron chi connectivity index (χ3n) is 3.29. The fraction of sp³-hybridized carbons (Fsp3) is 0.533. The summed E-state index contributed by atoms with van der Waals surface area (Å²) in [6, 6.07) is 7.70. The molecule has 5 nitrogen and oxygen atoms in total. The smallest absolute Gasteiger partial charge is 0.238 e. The SMILES string of the molecule is COC(C)(C)CCOCc1ccccc1CC(=O)NN. The van der Waals surface area contributed by atoms with Gasteiger partial charge in [0.25, 0.3) is 0 Å². The summed E-state index contributed by atoms with van der Waals surface area (Å²) in [7, 11) is 1.70. The lowest BCUT2D eigenvalue weighted by atomic mass is 10.0. The summed E-state index contributed by atoms with van der Waals surface area (Å²) >= 11 is 0. The highest BCUT2D eigenvalue weighted by atomic mass is 16.5. The van der Waals surface area contributed by atoms with Crippen molar-refractivity contribution in [2.45, 2.75) is 38.9 Å². The summed E-state index contributed by atoms with van der Waals surface area (Å²) in [5.41, 5.74) is 3.90. The number of methoxy groups -OCH3 is 1. The van der Waals surface area contributed by atoms with Crippen LogP contribution in [0.4, 0.5) is 0 Å². The number of ether oxygens (including phenoxy) is 2. The Kier molecular flexibility index (Phi) is 6.64. The van der Waals surface area contributed by atoms with Gasteiger partial charge in [-0.05, 0) is 31.4 Å². The van der Waals surface area contributed by atoms with Gasteiger partial charge in [-0.1, -0.05) is 24.3 Å². The molecule has 5 heteroatoms. The van der Waals surface area contributed by atoms with Gasteiger partial charge in [-0.3, -0.25) is 10.2 Å². The minimum atomic E-state index is -0.210. The average molecular weight is 280 g/mol. The van der Waals surface area contributed by atoms with E-state index in [0.717, 1.165) is 17.5 Å². The first-order valence-electron chi connectivity index (χ1n) is 6.67. The first kappa shape index (κ1) is 16.6. The number of amides is 1. The predicted molar refractivity (Wildman–Crippen MR) is 77.8 cm³/mol. The molecule has 1 aromatic rings. The predicted octanol–water partition coefficient (Wildman–Crippen LogP) is 1.55. The Labute approximate surface area is 120 Å². The second kappa shape index (κ2) is 7.99. The number of nitrogens with two attached hydrogens (primary N) is 1. The van der Waals surface area contributed by atoms with Gasteiger partial charge in [0, 0.05) is 13.7 Å². The molecule has 0 aliphatic heterocycles. The molecule has 0 saturated heterocycles. The van der Waals surface area contributed by atoms with E-state index in [4.69, 9.17) is 15.3 Å². The topological polar surface area (TPSA) is 73.6 Å². The summed E-state index contributed by atoms with van der Waals surface area (Å²) in [6.07, 6.45) is 1.08. The Morgan fingerprint density at radius 1 is 1.30 bits per heavy atom. The van der Waals surface area contributed by atoms with Crippen LogP contribution in [0.15, 0.2) is 24.3 Å². The van der Waals surface area contributed by atoms with Gasteiger partial charge in [0.15, 0.2) is 0 Å². The molecule has 20 heavy (non-hydrogen) atoms. The minimum absolute atomic E-state index is 0.182. The maximum Gasteiger partial charge on any atom is 0.238 e. The molecule has 112 valence electrons. The van der Waals surface area contributed by atoms with Crippen LogP contribution in [0.5, 0.6) is 0 Å². The van der Waals surface area contributed by atoms with E-state index < -0.39 is 0 Å². The molecule has 0 aromatic heterocycles. The third kappa shape index (κ3) is 5.69. The van der Waals surface area contributed by atoms with Crippen molar-refractivity contribution in [1.82, 2.24) is 5.43 Å². The molecule has 1 aromatic carbocycles. The fourth-order valence-electron chi connectivity index (χ4n) is 1.70. The number of benzene rings is 1. The molecule has 0 spiro atoms. The zero-order chi connectivity index (χ0) is 15.0. The average Bonchev–Trinajstić information content (AvgIpc) is 2.45. The van der Waals surface area contributed by atoms with Gasteiger partial charge in [-0.2, -0.15) is 0 Å². The Morgan fingerprint density at radius 2 is 1.95 bits per heavy atom. The molecular weight excluding hydrogens is 256 g/mol. The van der Waals surface area contributed by atoms with Crippen LogP contribution < -0.4 is 11.3 Å². The van der Waals surface area contributed by atoms with E-state index in [0.29, 0.717) is 13.2 Å². The standard InChI is InChI=1S/C15H24N2O3/c1-15(2,19-3)8-9-20-11-13-7-5-4-6-12(13)10-14(18)17-16/h4-7H,8-11,16H2,1-3H3,(H,17,18). The van der Waals surface area contributed by atoms with Crippen LogP contribution in [0.1, 0.15) is 31.4 Å². The second-order valence-electron chi connectivity index (χ2n) is 5.28. The molecule has 3 N–H and O–H groups in total. The zero-order valence-corrected chi connectivity index (χ0v) is 12.4. The molecule has 0 radical (unpaired) electrons. The number of hydrogen-bond donors (Lipinski definition) is 2. The molecule has 0 unspecified atom stereocenters. The van der Waals surface area contributed by atoms with Crippen LogP contribution in [0, 0.1) is 0 Å². The molecule has 1 amide bonds. The van der Waals surface area contributed by atoms with E-state index in [9.17, 15) is 4.79 Å². The van der Waals surface area contributed by atoms with Gasteiger partial charge in [-0.25, -0.2) is 5.84 Å². The monoisotopic (exact) mass is 280 g/mol. The van der Waals surface area contributed by atoms with Crippen LogP contribution >= 0.6 is 0 Å². The summed E-state index contributed by atoms with van der Waals surface area (Å²) in [5.74, 6) is 4.90. The number of carbonyl (C=O) groups is 1. The second-order valence-corrected chi connectivity index (χ2v) is 5.28. The van der Waals surface area contributed by atoms with Crippen LogP contribution in [0.3, 0.4) is 0 Å². The van der Waals surface area contributed by atoms with Crippen LogP contribution in [-0.2, 0) is 27.3 Å². The van der Waals surface area contributed by atoms with Crippen molar-refractivity contribution in [1.29, 1.82) is 0 Å². The quantitative estimate of drug-likeness (QED) is 0.328. The van der Waals surface area contributed by atoms with Crippen molar-refractivity contribution < 1.29 is 14.3 Å². The maximum atomic E-state index is 11.3. The van der Waals surface area contributed by atoms with Crippen LogP contribution in [-0.4, -0.2) is 25.2 Å². The highest BCUT2D eigenvalue weighted by Gasteiger charge is 2.15. The van der Waals surface area contributed by atoms with Crippen LogP contribution in [0.2, 0.25) is 0 Å². The Morgan fingerprint density at radius 3 is 2.55 bits per heavy atom. The number of hydrogen-bond acceptors (Lipinski definition) is 4. The highest BCUT2D eigenvalue weighted by Crippen LogP contribution is 2.15. The number of rotatable bonds is 8. The lowest BCUT2D eigenvalue weighted by Gasteiger charge is -2.22. The molecule has 0 aliphatic carbocycles. The number of carbonyl (C=O) groups excluding carboxylic acids is 1. The Hall–Kier alpha value is -1.43. The Bertz CT molecular complexity index is 433. The minimum Gasteiger partial charge on any atom is -0.379 e. The van der Waals surface area contributed by atoms with Gasteiger partial charge in [-0.15, -0.1) is 0 Å². The molecule has 0 bridgehead atoms. The maximum absolute atomic E-state index is 11.3. The van der Waals surface area contributed by atoms with E-state index in [1.165, 1.54) is 0 Å². The third-order valence-corrected chi connectivity index (χ3v) is 3.29. The number of hydrazine groups is 1.